The van der Waals surface area contributed by atoms with E-state index in [1.54, 1.807) is 38.5 Å². The van der Waals surface area contributed by atoms with E-state index in [9.17, 15) is 4.39 Å². The van der Waals surface area contributed by atoms with Crippen molar-refractivity contribution < 1.29 is 18.3 Å². The highest BCUT2D eigenvalue weighted by Gasteiger charge is 2.12. The number of halogens is 1. The predicted molar refractivity (Wildman–Crippen MR) is 94.6 cm³/mol. The van der Waals surface area contributed by atoms with Gasteiger partial charge in [-0.3, -0.25) is 0 Å². The minimum atomic E-state index is -0.227. The first-order valence-electron chi connectivity index (χ1n) is 8.19. The summed E-state index contributed by atoms with van der Waals surface area (Å²) in [5.41, 5.74) is 1.82. The molecule has 26 heavy (non-hydrogen) atoms. The van der Waals surface area contributed by atoms with Crippen LogP contribution in [0.1, 0.15) is 11.5 Å². The van der Waals surface area contributed by atoms with Gasteiger partial charge >= 0.3 is 0 Å². The molecule has 3 rings (SSSR count). The Morgan fingerprint density at radius 1 is 1.00 bits per heavy atom. The van der Waals surface area contributed by atoms with Gasteiger partial charge in [0.05, 0.1) is 20.8 Å². The summed E-state index contributed by atoms with van der Waals surface area (Å²) in [7, 11) is 3.16. The highest BCUT2D eigenvalue weighted by atomic mass is 19.1. The van der Waals surface area contributed by atoms with Gasteiger partial charge in [0.1, 0.15) is 5.82 Å². The summed E-state index contributed by atoms with van der Waals surface area (Å²) in [6.45, 7) is 1.18. The van der Waals surface area contributed by atoms with E-state index in [1.807, 2.05) is 6.07 Å². The van der Waals surface area contributed by atoms with Gasteiger partial charge in [0, 0.05) is 5.56 Å². The van der Waals surface area contributed by atoms with E-state index < -0.39 is 0 Å². The van der Waals surface area contributed by atoms with Crippen LogP contribution in [0.2, 0.25) is 0 Å². The van der Waals surface area contributed by atoms with Crippen molar-refractivity contribution in [1.29, 1.82) is 0 Å². The zero-order chi connectivity index (χ0) is 18.4. The van der Waals surface area contributed by atoms with Crippen molar-refractivity contribution in [3.05, 3.63) is 59.7 Å². The normalized spacial score (nSPS) is 10.7. The van der Waals surface area contributed by atoms with Crippen molar-refractivity contribution in [1.82, 2.24) is 15.5 Å². The summed E-state index contributed by atoms with van der Waals surface area (Å²) in [4.78, 5) is 0. The van der Waals surface area contributed by atoms with E-state index in [1.165, 1.54) is 12.1 Å². The van der Waals surface area contributed by atoms with E-state index in [0.717, 1.165) is 24.1 Å². The second kappa shape index (κ2) is 8.44. The van der Waals surface area contributed by atoms with E-state index in [4.69, 9.17) is 13.9 Å². The van der Waals surface area contributed by atoms with Gasteiger partial charge in [0.2, 0.25) is 11.8 Å². The first kappa shape index (κ1) is 17.9. The molecule has 0 saturated heterocycles. The fraction of sp³-hybridized carbons (Fsp3) is 0.263. The number of nitrogens with zero attached hydrogens (tertiary/aromatic N) is 2. The molecule has 0 fully saturated rings. The molecular formula is C19H20FN3O3. The van der Waals surface area contributed by atoms with Crippen molar-refractivity contribution in [2.24, 2.45) is 0 Å². The maximum atomic E-state index is 12.9. The number of ether oxygens (including phenoxy) is 2. The maximum Gasteiger partial charge on any atom is 0.247 e. The summed E-state index contributed by atoms with van der Waals surface area (Å²) in [6.07, 6.45) is 0.789. The first-order chi connectivity index (χ1) is 12.7. The number of nitrogens with one attached hydrogen (secondary N) is 1. The third-order valence-corrected chi connectivity index (χ3v) is 3.88. The van der Waals surface area contributed by atoms with E-state index >= 15 is 0 Å². The van der Waals surface area contributed by atoms with Crippen LogP contribution in [0.5, 0.6) is 11.5 Å². The van der Waals surface area contributed by atoms with Crippen molar-refractivity contribution >= 4 is 0 Å². The van der Waals surface area contributed by atoms with E-state index in [2.05, 4.69) is 15.5 Å². The van der Waals surface area contributed by atoms with Crippen molar-refractivity contribution in [2.75, 3.05) is 20.8 Å². The molecule has 0 aliphatic carbocycles. The van der Waals surface area contributed by atoms with Crippen molar-refractivity contribution in [3.8, 4) is 23.0 Å². The minimum absolute atomic E-state index is 0.227. The molecule has 0 bridgehead atoms. The van der Waals surface area contributed by atoms with Gasteiger partial charge in [-0.25, -0.2) is 4.39 Å². The summed E-state index contributed by atoms with van der Waals surface area (Å²) in [6, 6.07) is 11.9. The quantitative estimate of drug-likeness (QED) is 0.624. The molecule has 0 amide bonds. The van der Waals surface area contributed by atoms with Crippen molar-refractivity contribution in [2.45, 2.75) is 13.0 Å². The molecule has 0 aliphatic rings. The highest BCUT2D eigenvalue weighted by molar-refractivity contribution is 5.59. The van der Waals surface area contributed by atoms with Crippen LogP contribution in [0.15, 0.2) is 46.9 Å². The Kier molecular flexibility index (Phi) is 5.80. The average molecular weight is 357 g/mol. The molecule has 1 heterocycles. The summed E-state index contributed by atoms with van der Waals surface area (Å²) < 4.78 is 29.1. The molecule has 0 spiro atoms. The lowest BCUT2D eigenvalue weighted by atomic mass is 10.1. The second-order valence-corrected chi connectivity index (χ2v) is 5.62. The Bertz CT molecular complexity index is 849. The summed E-state index contributed by atoms with van der Waals surface area (Å²) in [5.74, 6) is 1.92. The van der Waals surface area contributed by atoms with Crippen LogP contribution in [0.3, 0.4) is 0 Å². The molecule has 0 saturated carbocycles. The molecule has 7 heteroatoms. The molecule has 6 nitrogen and oxygen atoms in total. The smallest absolute Gasteiger partial charge is 0.247 e. The lowest BCUT2D eigenvalue weighted by Crippen LogP contribution is -2.16. The standard InChI is InChI=1S/C19H20FN3O3/c1-24-16-8-5-14(11-17(16)25-2)19-23-22-18(26-19)12-21-10-9-13-3-6-15(20)7-4-13/h3-8,11,21H,9-10,12H2,1-2H3. The predicted octanol–water partition coefficient (Wildman–Crippen LogP) is 3.23. The first-order valence-corrected chi connectivity index (χ1v) is 8.19. The number of rotatable bonds is 8. The van der Waals surface area contributed by atoms with Crippen molar-refractivity contribution in [3.63, 3.8) is 0 Å². The molecule has 0 aliphatic heterocycles. The van der Waals surface area contributed by atoms with Crippen LogP contribution in [0, 0.1) is 5.82 Å². The highest BCUT2D eigenvalue weighted by Crippen LogP contribution is 2.31. The molecular weight excluding hydrogens is 337 g/mol. The Balaban J connectivity index is 1.55. The van der Waals surface area contributed by atoms with Crippen LogP contribution >= 0.6 is 0 Å². The molecule has 0 radical (unpaired) electrons. The molecule has 136 valence electrons. The summed E-state index contributed by atoms with van der Waals surface area (Å²) in [5, 5.41) is 11.4. The van der Waals surface area contributed by atoms with E-state index in [0.29, 0.717) is 29.8 Å². The minimum Gasteiger partial charge on any atom is -0.493 e. The number of methoxy groups -OCH3 is 2. The Morgan fingerprint density at radius 3 is 2.50 bits per heavy atom. The average Bonchev–Trinajstić information content (AvgIpc) is 3.15. The van der Waals surface area contributed by atoms with Gasteiger partial charge in [0.25, 0.3) is 0 Å². The third kappa shape index (κ3) is 4.37. The molecule has 3 aromatic rings. The van der Waals surface area contributed by atoms with Gasteiger partial charge in [-0.05, 0) is 48.9 Å². The zero-order valence-electron chi connectivity index (χ0n) is 14.7. The number of hydrogen-bond acceptors (Lipinski definition) is 6. The zero-order valence-corrected chi connectivity index (χ0v) is 14.7. The van der Waals surface area contributed by atoms with Crippen LogP contribution < -0.4 is 14.8 Å². The third-order valence-electron chi connectivity index (χ3n) is 3.88. The lowest BCUT2D eigenvalue weighted by Gasteiger charge is -2.07. The van der Waals surface area contributed by atoms with Crippen LogP contribution in [0.4, 0.5) is 4.39 Å². The maximum absolute atomic E-state index is 12.9. The SMILES string of the molecule is COc1ccc(-c2nnc(CNCCc3ccc(F)cc3)o2)cc1OC. The number of benzene rings is 2. The Labute approximate surface area is 151 Å². The van der Waals surface area contributed by atoms with Crippen LogP contribution in [-0.4, -0.2) is 31.0 Å². The second-order valence-electron chi connectivity index (χ2n) is 5.62. The van der Waals surface area contributed by atoms with Gasteiger partial charge < -0.3 is 19.2 Å². The van der Waals surface area contributed by atoms with E-state index in [-0.39, 0.29) is 5.82 Å². The number of hydrogen-bond donors (Lipinski definition) is 1. The molecule has 2 aromatic carbocycles. The monoisotopic (exact) mass is 357 g/mol. The van der Waals surface area contributed by atoms with Crippen LogP contribution in [-0.2, 0) is 13.0 Å². The van der Waals surface area contributed by atoms with Gasteiger partial charge in [0.15, 0.2) is 11.5 Å². The Morgan fingerprint density at radius 2 is 1.77 bits per heavy atom. The van der Waals surface area contributed by atoms with Gasteiger partial charge in [-0.15, -0.1) is 10.2 Å². The Hall–Kier alpha value is -2.93. The largest absolute Gasteiger partial charge is 0.493 e. The fourth-order valence-electron chi connectivity index (χ4n) is 2.49. The molecule has 1 N–H and O–H groups in total. The lowest BCUT2D eigenvalue weighted by molar-refractivity contribution is 0.355. The number of aromatic nitrogens is 2. The van der Waals surface area contributed by atoms with Crippen LogP contribution in [0.25, 0.3) is 11.5 Å². The van der Waals surface area contributed by atoms with Gasteiger partial charge in [-0.2, -0.15) is 0 Å². The fourth-order valence-corrected chi connectivity index (χ4v) is 2.49. The molecule has 0 atom stereocenters. The summed E-state index contributed by atoms with van der Waals surface area (Å²) >= 11 is 0. The van der Waals surface area contributed by atoms with Gasteiger partial charge in [-0.1, -0.05) is 12.1 Å². The topological polar surface area (TPSA) is 69.4 Å². The molecule has 0 unspecified atom stereocenters. The molecule has 1 aromatic heterocycles.